The molecule has 218 valence electrons. The van der Waals surface area contributed by atoms with Gasteiger partial charge in [0.2, 0.25) is 0 Å². The molecule has 8 aromatic rings. The monoisotopic (exact) mass is 597 g/mol. The summed E-state index contributed by atoms with van der Waals surface area (Å²) in [5.41, 5.74) is 13.4. The van der Waals surface area contributed by atoms with Gasteiger partial charge in [-0.3, -0.25) is 0 Å². The summed E-state index contributed by atoms with van der Waals surface area (Å²) in [6, 6.07) is 44.8. The maximum absolute atomic E-state index is 6.82. The summed E-state index contributed by atoms with van der Waals surface area (Å²) in [5.74, 6) is 0. The van der Waals surface area contributed by atoms with E-state index in [1.807, 2.05) is 0 Å². The molecule has 3 heteroatoms. The molecule has 0 saturated heterocycles. The fourth-order valence-electron chi connectivity index (χ4n) is 7.87. The number of furan rings is 1. The van der Waals surface area contributed by atoms with Crippen molar-refractivity contribution in [3.05, 3.63) is 132 Å². The number of rotatable bonds is 3. The van der Waals surface area contributed by atoms with Crippen molar-refractivity contribution in [2.24, 2.45) is 0 Å². The Morgan fingerprint density at radius 1 is 0.533 bits per heavy atom. The third-order valence-corrected chi connectivity index (χ3v) is 12.1. The Morgan fingerprint density at radius 2 is 1.22 bits per heavy atom. The summed E-state index contributed by atoms with van der Waals surface area (Å²) in [6.07, 6.45) is 0. The Morgan fingerprint density at radius 3 is 2.02 bits per heavy atom. The highest BCUT2D eigenvalue weighted by molar-refractivity contribution is 6.90. The minimum atomic E-state index is -1.59. The van der Waals surface area contributed by atoms with Crippen molar-refractivity contribution >= 4 is 57.0 Å². The molecular weight excluding hydrogens is 563 g/mol. The van der Waals surface area contributed by atoms with E-state index in [4.69, 9.17) is 4.42 Å². The average molecular weight is 598 g/mol. The molecule has 45 heavy (non-hydrogen) atoms. The van der Waals surface area contributed by atoms with Crippen LogP contribution in [0.1, 0.15) is 25.0 Å². The van der Waals surface area contributed by atoms with E-state index in [-0.39, 0.29) is 5.41 Å². The number of benzene rings is 6. The lowest BCUT2D eigenvalue weighted by molar-refractivity contribution is 0.661. The van der Waals surface area contributed by atoms with Gasteiger partial charge in [-0.1, -0.05) is 118 Å². The first-order valence-corrected chi connectivity index (χ1v) is 19.4. The van der Waals surface area contributed by atoms with E-state index in [1.54, 1.807) is 0 Å². The van der Waals surface area contributed by atoms with Crippen LogP contribution in [0.5, 0.6) is 0 Å². The quantitative estimate of drug-likeness (QED) is 0.185. The third kappa shape index (κ3) is 3.68. The maximum Gasteiger partial charge on any atom is 0.143 e. The molecule has 0 atom stereocenters. The van der Waals surface area contributed by atoms with Crippen LogP contribution in [0.25, 0.3) is 71.7 Å². The summed E-state index contributed by atoms with van der Waals surface area (Å²) in [7, 11) is -1.59. The van der Waals surface area contributed by atoms with Gasteiger partial charge in [0.1, 0.15) is 11.2 Å². The lowest BCUT2D eigenvalue weighted by Gasteiger charge is -2.21. The van der Waals surface area contributed by atoms with Crippen LogP contribution in [0.2, 0.25) is 19.6 Å². The summed E-state index contributed by atoms with van der Waals surface area (Å²) >= 11 is 0. The van der Waals surface area contributed by atoms with Crippen LogP contribution in [0.3, 0.4) is 0 Å². The predicted molar refractivity (Wildman–Crippen MR) is 194 cm³/mol. The van der Waals surface area contributed by atoms with Crippen molar-refractivity contribution in [3.63, 3.8) is 0 Å². The Bertz CT molecular complexity index is 2490. The number of nitrogens with zero attached hydrogens (tertiary/aromatic N) is 1. The van der Waals surface area contributed by atoms with Gasteiger partial charge in [0.25, 0.3) is 0 Å². The fraction of sp³-hybridized carbons (Fsp3) is 0.143. The number of fused-ring (bicyclic) bond motifs is 9. The zero-order valence-electron chi connectivity index (χ0n) is 26.4. The largest absolute Gasteiger partial charge is 0.456 e. The van der Waals surface area contributed by atoms with Crippen molar-refractivity contribution in [2.45, 2.75) is 38.9 Å². The summed E-state index contributed by atoms with van der Waals surface area (Å²) < 4.78 is 9.26. The van der Waals surface area contributed by atoms with Crippen molar-refractivity contribution in [1.29, 1.82) is 0 Å². The van der Waals surface area contributed by atoms with Gasteiger partial charge in [0.15, 0.2) is 0 Å². The molecule has 1 aliphatic rings. The van der Waals surface area contributed by atoms with Crippen LogP contribution in [-0.2, 0) is 5.41 Å². The van der Waals surface area contributed by atoms with Gasteiger partial charge >= 0.3 is 0 Å². The molecule has 2 aromatic heterocycles. The molecule has 0 aliphatic heterocycles. The number of para-hydroxylation sites is 3. The SMILES string of the molecule is CC1(C)c2ccccc2-c2cc3c(cc21)c1cc(-c2cccc4c2oc2c([Si](C)(C)C)cccc24)ccc1n3-c1ccccc1. The first-order valence-electron chi connectivity index (χ1n) is 15.9. The smallest absolute Gasteiger partial charge is 0.143 e. The van der Waals surface area contributed by atoms with Gasteiger partial charge in [-0.2, -0.15) is 0 Å². The first-order chi connectivity index (χ1) is 21.7. The predicted octanol–water partition coefficient (Wildman–Crippen LogP) is 11.2. The molecule has 0 radical (unpaired) electrons. The zero-order valence-corrected chi connectivity index (χ0v) is 27.4. The van der Waals surface area contributed by atoms with Crippen molar-refractivity contribution in [1.82, 2.24) is 4.57 Å². The van der Waals surface area contributed by atoms with Crippen molar-refractivity contribution in [3.8, 4) is 27.9 Å². The highest BCUT2D eigenvalue weighted by atomic mass is 28.3. The van der Waals surface area contributed by atoms with Crippen LogP contribution in [0.15, 0.2) is 126 Å². The van der Waals surface area contributed by atoms with E-state index >= 15 is 0 Å². The molecule has 0 unspecified atom stereocenters. The molecule has 0 spiro atoms. The number of hydrogen-bond acceptors (Lipinski definition) is 1. The molecule has 0 bridgehead atoms. The summed E-state index contributed by atoms with van der Waals surface area (Å²) in [4.78, 5) is 0. The Kier molecular flexibility index (Phi) is 5.36. The van der Waals surface area contributed by atoms with Crippen LogP contribution in [0.4, 0.5) is 0 Å². The molecule has 0 fully saturated rings. The zero-order chi connectivity index (χ0) is 30.7. The van der Waals surface area contributed by atoms with Crippen molar-refractivity contribution < 1.29 is 4.42 Å². The number of aromatic nitrogens is 1. The van der Waals surface area contributed by atoms with E-state index in [0.29, 0.717) is 0 Å². The minimum Gasteiger partial charge on any atom is -0.456 e. The third-order valence-electron chi connectivity index (χ3n) is 10.1. The molecule has 0 N–H and O–H groups in total. The normalized spacial score (nSPS) is 14.1. The van der Waals surface area contributed by atoms with Gasteiger partial charge in [0, 0.05) is 38.2 Å². The molecule has 6 aromatic carbocycles. The maximum atomic E-state index is 6.82. The minimum absolute atomic E-state index is 0.0627. The standard InChI is InChI=1S/C42H35NOSi/c1-42(2)35-19-10-9-15-29(35)32-25-38-34(24-36(32)42)33-23-26(21-22-37(33)43(38)27-13-7-6-8-14-27)28-16-11-17-30-31-18-12-20-39(45(3,4)5)41(31)44-40(28)30/h6-25H,1-5H3. The second kappa shape index (κ2) is 9.09. The van der Waals surface area contributed by atoms with Crippen LogP contribution < -0.4 is 5.19 Å². The highest BCUT2D eigenvalue weighted by Crippen LogP contribution is 2.51. The van der Waals surface area contributed by atoms with E-state index in [2.05, 4.69) is 159 Å². The molecule has 2 nitrogen and oxygen atoms in total. The van der Waals surface area contributed by atoms with Crippen LogP contribution in [-0.4, -0.2) is 12.6 Å². The average Bonchev–Trinajstić information content (AvgIpc) is 3.65. The van der Waals surface area contributed by atoms with Gasteiger partial charge in [-0.25, -0.2) is 0 Å². The van der Waals surface area contributed by atoms with E-state index in [0.717, 1.165) is 16.7 Å². The lowest BCUT2D eigenvalue weighted by atomic mass is 9.82. The molecule has 9 rings (SSSR count). The van der Waals surface area contributed by atoms with Gasteiger partial charge in [-0.05, 0) is 69.4 Å². The first kappa shape index (κ1) is 26.5. The van der Waals surface area contributed by atoms with E-state index in [1.165, 1.54) is 71.3 Å². The van der Waals surface area contributed by atoms with Crippen LogP contribution in [0, 0.1) is 0 Å². The second-order valence-electron chi connectivity index (χ2n) is 14.2. The number of hydrogen-bond donors (Lipinski definition) is 0. The van der Waals surface area contributed by atoms with Gasteiger partial charge in [0.05, 0.1) is 19.1 Å². The lowest BCUT2D eigenvalue weighted by Crippen LogP contribution is -2.37. The topological polar surface area (TPSA) is 18.1 Å². The van der Waals surface area contributed by atoms with Crippen LogP contribution >= 0.6 is 0 Å². The van der Waals surface area contributed by atoms with Gasteiger partial charge in [-0.15, -0.1) is 0 Å². The second-order valence-corrected chi connectivity index (χ2v) is 19.2. The molecule has 1 aliphatic carbocycles. The molecule has 0 amide bonds. The van der Waals surface area contributed by atoms with E-state index < -0.39 is 8.07 Å². The Balaban J connectivity index is 1.34. The van der Waals surface area contributed by atoms with E-state index in [9.17, 15) is 0 Å². The molecular formula is C42H35NOSi. The van der Waals surface area contributed by atoms with Crippen molar-refractivity contribution in [2.75, 3.05) is 0 Å². The summed E-state index contributed by atoms with van der Waals surface area (Å²) in [5, 5.41) is 6.32. The Hall–Kier alpha value is -4.86. The molecule has 0 saturated carbocycles. The van der Waals surface area contributed by atoms with Gasteiger partial charge < -0.3 is 8.98 Å². The molecule has 2 heterocycles. The highest BCUT2D eigenvalue weighted by Gasteiger charge is 2.36. The fourth-order valence-corrected chi connectivity index (χ4v) is 9.34. The Labute approximate surface area is 264 Å². The summed E-state index contributed by atoms with van der Waals surface area (Å²) in [6.45, 7) is 11.9.